The topological polar surface area (TPSA) is 51.6 Å². The lowest BCUT2D eigenvalue weighted by Gasteiger charge is -2.30. The Morgan fingerprint density at radius 1 is 0.941 bits per heavy atom. The van der Waals surface area contributed by atoms with Crippen LogP contribution in [0.1, 0.15) is 29.0 Å². The number of rotatable bonds is 6. The number of aryl methyl sites for hydroxylation is 1. The molecule has 4 aromatic rings. The number of methoxy groups -OCH3 is 2. The largest absolute Gasteiger partial charge is 0.497 e. The number of nitrogens with zero attached hydrogens (tertiary/aromatic N) is 3. The number of ether oxygens (including phenoxy) is 2. The van der Waals surface area contributed by atoms with Crippen molar-refractivity contribution < 1.29 is 9.47 Å². The molecule has 34 heavy (non-hydrogen) atoms. The standard InChI is InChI=1S/C27H26N4O2S/c1-18-9-11-19(12-10-18)30-16-6-8-22(30)26-25(21-7-4-5-15-28-21)29-27(34)31(26)23-17-20(32-2)13-14-24(23)33-3/h4-17,25-26H,1-3H3,(H,29,34). The maximum atomic E-state index is 5.90. The molecule has 1 aliphatic rings. The molecule has 0 saturated carbocycles. The molecule has 0 spiro atoms. The van der Waals surface area contributed by atoms with Crippen LogP contribution >= 0.6 is 12.2 Å². The molecule has 0 radical (unpaired) electrons. The van der Waals surface area contributed by atoms with Crippen molar-refractivity contribution in [3.8, 4) is 17.2 Å². The quantitative estimate of drug-likeness (QED) is 0.382. The number of hydrogen-bond donors (Lipinski definition) is 1. The molecular formula is C27H26N4O2S. The molecule has 1 N–H and O–H groups in total. The molecule has 0 amide bonds. The van der Waals surface area contributed by atoms with Gasteiger partial charge in [0.2, 0.25) is 0 Å². The van der Waals surface area contributed by atoms with Gasteiger partial charge in [-0.15, -0.1) is 0 Å². The Bertz CT molecular complexity index is 1300. The second-order valence-corrected chi connectivity index (χ2v) is 8.56. The highest BCUT2D eigenvalue weighted by atomic mass is 32.1. The minimum Gasteiger partial charge on any atom is -0.497 e. The molecule has 1 saturated heterocycles. The van der Waals surface area contributed by atoms with Crippen molar-refractivity contribution >= 4 is 23.0 Å². The number of thiocarbonyl (C=S) groups is 1. The van der Waals surface area contributed by atoms with E-state index in [1.807, 2.05) is 42.6 Å². The number of anilines is 1. The molecule has 1 fully saturated rings. The first-order chi connectivity index (χ1) is 16.6. The molecule has 0 aliphatic carbocycles. The first-order valence-corrected chi connectivity index (χ1v) is 11.5. The van der Waals surface area contributed by atoms with Crippen LogP contribution in [0.25, 0.3) is 5.69 Å². The fourth-order valence-corrected chi connectivity index (χ4v) is 4.81. The number of aromatic nitrogens is 2. The van der Waals surface area contributed by atoms with Crippen LogP contribution in [0.15, 0.2) is 85.2 Å². The Hall–Kier alpha value is -3.84. The lowest BCUT2D eigenvalue weighted by Crippen LogP contribution is -2.30. The minimum atomic E-state index is -0.181. The van der Waals surface area contributed by atoms with Gasteiger partial charge >= 0.3 is 0 Å². The minimum absolute atomic E-state index is 0.163. The summed E-state index contributed by atoms with van der Waals surface area (Å²) < 4.78 is 13.5. The van der Waals surface area contributed by atoms with E-state index in [4.69, 9.17) is 21.7 Å². The highest BCUT2D eigenvalue weighted by Gasteiger charge is 2.43. The average Bonchev–Trinajstić information content (AvgIpc) is 3.49. The van der Waals surface area contributed by atoms with Crippen molar-refractivity contribution in [1.29, 1.82) is 0 Å². The van der Waals surface area contributed by atoms with Crippen LogP contribution in [-0.4, -0.2) is 28.9 Å². The van der Waals surface area contributed by atoms with E-state index in [2.05, 4.69) is 69.3 Å². The van der Waals surface area contributed by atoms with Crippen LogP contribution in [0.3, 0.4) is 0 Å². The molecule has 7 heteroatoms. The summed E-state index contributed by atoms with van der Waals surface area (Å²) in [6.07, 6.45) is 3.89. The highest BCUT2D eigenvalue weighted by Crippen LogP contribution is 2.46. The molecule has 2 unspecified atom stereocenters. The predicted octanol–water partition coefficient (Wildman–Crippen LogP) is 5.38. The third-order valence-electron chi connectivity index (χ3n) is 6.14. The van der Waals surface area contributed by atoms with Gasteiger partial charge in [0.15, 0.2) is 5.11 Å². The van der Waals surface area contributed by atoms with Crippen molar-refractivity contribution in [2.45, 2.75) is 19.0 Å². The molecule has 1 aliphatic heterocycles. The van der Waals surface area contributed by atoms with Crippen LogP contribution < -0.4 is 19.7 Å². The van der Waals surface area contributed by atoms with Gasteiger partial charge in [-0.2, -0.15) is 0 Å². The van der Waals surface area contributed by atoms with Gasteiger partial charge in [-0.1, -0.05) is 23.8 Å². The van der Waals surface area contributed by atoms with E-state index in [0.717, 1.165) is 28.5 Å². The normalized spacial score (nSPS) is 17.5. The van der Waals surface area contributed by atoms with Gasteiger partial charge in [0.05, 0.1) is 31.6 Å². The maximum Gasteiger partial charge on any atom is 0.174 e. The summed E-state index contributed by atoms with van der Waals surface area (Å²) in [5.74, 6) is 1.44. The first-order valence-electron chi connectivity index (χ1n) is 11.1. The van der Waals surface area contributed by atoms with Crippen molar-refractivity contribution in [3.05, 3.63) is 102 Å². The molecule has 6 nitrogen and oxygen atoms in total. The van der Waals surface area contributed by atoms with E-state index in [-0.39, 0.29) is 12.1 Å². The number of pyridine rings is 1. The van der Waals surface area contributed by atoms with E-state index in [9.17, 15) is 0 Å². The zero-order chi connectivity index (χ0) is 23.7. The average molecular weight is 471 g/mol. The van der Waals surface area contributed by atoms with Crippen LogP contribution in [0.4, 0.5) is 5.69 Å². The first kappa shape index (κ1) is 22.0. The van der Waals surface area contributed by atoms with E-state index in [0.29, 0.717) is 10.9 Å². The molecule has 0 bridgehead atoms. The van der Waals surface area contributed by atoms with Gasteiger partial charge in [0.1, 0.15) is 17.5 Å². The molecular weight excluding hydrogens is 444 g/mol. The Morgan fingerprint density at radius 3 is 2.47 bits per heavy atom. The van der Waals surface area contributed by atoms with Gasteiger partial charge in [-0.05, 0) is 67.7 Å². The summed E-state index contributed by atoms with van der Waals surface area (Å²) in [6.45, 7) is 2.09. The van der Waals surface area contributed by atoms with E-state index in [1.54, 1.807) is 14.2 Å². The van der Waals surface area contributed by atoms with Crippen LogP contribution in [0.2, 0.25) is 0 Å². The third-order valence-corrected chi connectivity index (χ3v) is 6.45. The Labute approximate surface area is 204 Å². The third kappa shape index (κ3) is 3.88. The molecule has 2 atom stereocenters. The number of benzene rings is 2. The number of nitrogens with one attached hydrogen (secondary N) is 1. The fraction of sp³-hybridized carbons (Fsp3) is 0.185. The number of hydrogen-bond acceptors (Lipinski definition) is 4. The van der Waals surface area contributed by atoms with Crippen LogP contribution in [0.5, 0.6) is 11.5 Å². The summed E-state index contributed by atoms with van der Waals surface area (Å²) in [6, 6.07) is 24.0. The second-order valence-electron chi connectivity index (χ2n) is 8.17. The summed E-state index contributed by atoms with van der Waals surface area (Å²) in [5.41, 5.74) is 5.13. The molecule has 5 rings (SSSR count). The zero-order valence-electron chi connectivity index (χ0n) is 19.3. The zero-order valence-corrected chi connectivity index (χ0v) is 20.1. The SMILES string of the molecule is COc1ccc(OC)c(N2C(=S)NC(c3ccccn3)C2c2cccn2-c2ccc(C)cc2)c1. The maximum absolute atomic E-state index is 5.90. The van der Waals surface area contributed by atoms with Gasteiger partial charge in [0, 0.05) is 29.8 Å². The van der Waals surface area contributed by atoms with E-state index in [1.165, 1.54) is 5.56 Å². The van der Waals surface area contributed by atoms with Crippen molar-refractivity contribution in [2.75, 3.05) is 19.1 Å². The summed E-state index contributed by atoms with van der Waals surface area (Å²) in [5, 5.41) is 4.12. The predicted molar refractivity (Wildman–Crippen MR) is 138 cm³/mol. The van der Waals surface area contributed by atoms with E-state index >= 15 is 0 Å². The van der Waals surface area contributed by atoms with Gasteiger partial charge in [-0.25, -0.2) is 0 Å². The van der Waals surface area contributed by atoms with Crippen molar-refractivity contribution in [2.24, 2.45) is 0 Å². The van der Waals surface area contributed by atoms with Crippen LogP contribution in [0, 0.1) is 6.92 Å². The Morgan fingerprint density at radius 2 is 1.76 bits per heavy atom. The Balaban J connectivity index is 1.70. The molecule has 3 heterocycles. The van der Waals surface area contributed by atoms with Gasteiger partial charge < -0.3 is 24.3 Å². The van der Waals surface area contributed by atoms with Crippen molar-refractivity contribution in [1.82, 2.24) is 14.9 Å². The Kier molecular flexibility index (Phi) is 5.94. The summed E-state index contributed by atoms with van der Waals surface area (Å²) in [7, 11) is 3.32. The molecule has 2 aromatic heterocycles. The smallest absolute Gasteiger partial charge is 0.174 e. The molecule has 172 valence electrons. The van der Waals surface area contributed by atoms with Gasteiger partial charge in [0.25, 0.3) is 0 Å². The van der Waals surface area contributed by atoms with Gasteiger partial charge in [-0.3, -0.25) is 4.98 Å². The summed E-state index contributed by atoms with van der Waals surface area (Å²) in [4.78, 5) is 6.77. The highest BCUT2D eigenvalue weighted by molar-refractivity contribution is 7.80. The monoisotopic (exact) mass is 470 g/mol. The lowest BCUT2D eigenvalue weighted by atomic mass is 10.0. The van der Waals surface area contributed by atoms with Crippen LogP contribution in [-0.2, 0) is 0 Å². The fourth-order valence-electron chi connectivity index (χ4n) is 4.48. The summed E-state index contributed by atoms with van der Waals surface area (Å²) >= 11 is 5.90. The molecule has 2 aromatic carbocycles. The van der Waals surface area contributed by atoms with Crippen molar-refractivity contribution in [3.63, 3.8) is 0 Å². The second kappa shape index (κ2) is 9.19. The van der Waals surface area contributed by atoms with E-state index < -0.39 is 0 Å². The lowest BCUT2D eigenvalue weighted by molar-refractivity contribution is 0.402.